The minimum Gasteiger partial charge on any atom is -0.318 e. The van der Waals surface area contributed by atoms with Gasteiger partial charge >= 0.3 is 6.03 Å². The van der Waals surface area contributed by atoms with Gasteiger partial charge in [0.25, 0.3) is 0 Å². The fourth-order valence-corrected chi connectivity index (χ4v) is 3.79. The van der Waals surface area contributed by atoms with E-state index in [4.69, 9.17) is 0 Å². The number of rotatable bonds is 5. The minimum atomic E-state index is -3.76. The summed E-state index contributed by atoms with van der Waals surface area (Å²) in [4.78, 5) is 29.7. The van der Waals surface area contributed by atoms with Crippen molar-refractivity contribution in [3.63, 3.8) is 0 Å². The Hall–Kier alpha value is -2.68. The monoisotopic (exact) mass is 348 g/mol. The van der Waals surface area contributed by atoms with Gasteiger partial charge in [0.2, 0.25) is 20.9 Å². The Bertz CT molecular complexity index is 876. The van der Waals surface area contributed by atoms with E-state index >= 15 is 0 Å². The zero-order valence-electron chi connectivity index (χ0n) is 13.0. The maximum atomic E-state index is 12.6. The molecule has 1 saturated heterocycles. The number of imide groups is 1. The number of urea groups is 1. The highest BCUT2D eigenvalue weighted by atomic mass is 32.2. The van der Waals surface area contributed by atoms with Crippen molar-refractivity contribution in [1.82, 2.24) is 19.4 Å². The average Bonchev–Trinajstić information content (AvgIpc) is 3.14. The SMILES string of the molecule is CN1CC(=O)N(CCS(=O)(=O)c2nccn2-c2ccccc2)C1=O. The van der Waals surface area contributed by atoms with Gasteiger partial charge in [-0.1, -0.05) is 18.2 Å². The lowest BCUT2D eigenvalue weighted by Gasteiger charge is -2.14. The van der Waals surface area contributed by atoms with Crippen LogP contribution in [0, 0.1) is 0 Å². The number of carbonyl (C=O) groups excluding carboxylic acids is 2. The van der Waals surface area contributed by atoms with Crippen molar-refractivity contribution in [3.05, 3.63) is 42.7 Å². The van der Waals surface area contributed by atoms with Crippen LogP contribution in [-0.2, 0) is 14.6 Å². The highest BCUT2D eigenvalue weighted by Crippen LogP contribution is 2.16. The summed E-state index contributed by atoms with van der Waals surface area (Å²) in [5, 5.41) is -0.110. The van der Waals surface area contributed by atoms with Gasteiger partial charge in [-0.15, -0.1) is 0 Å². The van der Waals surface area contributed by atoms with E-state index in [2.05, 4.69) is 4.98 Å². The second-order valence-corrected chi connectivity index (χ2v) is 7.42. The lowest BCUT2D eigenvalue weighted by Crippen LogP contribution is -2.35. The first kappa shape index (κ1) is 16.2. The highest BCUT2D eigenvalue weighted by molar-refractivity contribution is 7.91. The van der Waals surface area contributed by atoms with Crippen LogP contribution in [0.3, 0.4) is 0 Å². The third-order valence-corrected chi connectivity index (χ3v) is 5.31. The van der Waals surface area contributed by atoms with Gasteiger partial charge in [-0.2, -0.15) is 0 Å². The maximum Gasteiger partial charge on any atom is 0.326 e. The predicted octanol–water partition coefficient (Wildman–Crippen LogP) is 0.540. The van der Waals surface area contributed by atoms with E-state index in [9.17, 15) is 18.0 Å². The molecule has 1 aliphatic rings. The Morgan fingerprint density at radius 1 is 1.17 bits per heavy atom. The molecule has 0 unspecified atom stereocenters. The lowest BCUT2D eigenvalue weighted by molar-refractivity contribution is -0.125. The summed E-state index contributed by atoms with van der Waals surface area (Å²) < 4.78 is 26.7. The molecule has 9 heteroatoms. The predicted molar refractivity (Wildman–Crippen MR) is 85.4 cm³/mol. The van der Waals surface area contributed by atoms with Crippen LogP contribution < -0.4 is 0 Å². The summed E-state index contributed by atoms with van der Waals surface area (Å²) in [6, 6.07) is 8.47. The van der Waals surface area contributed by atoms with Crippen molar-refractivity contribution in [3.8, 4) is 5.69 Å². The number of aromatic nitrogens is 2. The van der Waals surface area contributed by atoms with E-state index in [1.807, 2.05) is 6.07 Å². The first-order valence-corrected chi connectivity index (χ1v) is 8.92. The fraction of sp³-hybridized carbons (Fsp3) is 0.267. The number of imidazole rings is 1. The van der Waals surface area contributed by atoms with E-state index < -0.39 is 21.8 Å². The van der Waals surface area contributed by atoms with Crippen molar-refractivity contribution in [2.45, 2.75) is 5.16 Å². The maximum absolute atomic E-state index is 12.6. The van der Waals surface area contributed by atoms with Gasteiger partial charge in [-0.05, 0) is 12.1 Å². The first-order chi connectivity index (χ1) is 11.4. The molecule has 8 nitrogen and oxygen atoms in total. The second kappa shape index (κ2) is 6.08. The Morgan fingerprint density at radius 2 is 1.88 bits per heavy atom. The molecule has 0 saturated carbocycles. The number of hydrogen-bond acceptors (Lipinski definition) is 5. The summed E-state index contributed by atoms with van der Waals surface area (Å²) in [7, 11) is -2.26. The molecule has 0 atom stereocenters. The van der Waals surface area contributed by atoms with Gasteiger partial charge in [0.15, 0.2) is 0 Å². The van der Waals surface area contributed by atoms with Crippen LogP contribution >= 0.6 is 0 Å². The van der Waals surface area contributed by atoms with Gasteiger partial charge in [0.1, 0.15) is 6.54 Å². The average molecular weight is 348 g/mol. The van der Waals surface area contributed by atoms with Crippen molar-refractivity contribution in [2.24, 2.45) is 0 Å². The Morgan fingerprint density at radius 3 is 2.50 bits per heavy atom. The molecule has 1 aromatic carbocycles. The fourth-order valence-electron chi connectivity index (χ4n) is 2.50. The second-order valence-electron chi connectivity index (χ2n) is 5.42. The van der Waals surface area contributed by atoms with Crippen LogP contribution in [0.1, 0.15) is 0 Å². The molecule has 126 valence electrons. The molecule has 0 spiro atoms. The zero-order chi connectivity index (χ0) is 17.3. The summed E-state index contributed by atoms with van der Waals surface area (Å²) in [6.45, 7) is -0.219. The highest BCUT2D eigenvalue weighted by Gasteiger charge is 2.34. The third kappa shape index (κ3) is 2.90. The first-order valence-electron chi connectivity index (χ1n) is 7.27. The van der Waals surface area contributed by atoms with Crippen molar-refractivity contribution in [1.29, 1.82) is 0 Å². The molecule has 24 heavy (non-hydrogen) atoms. The quantitative estimate of drug-likeness (QED) is 0.735. The molecule has 2 heterocycles. The van der Waals surface area contributed by atoms with E-state index in [0.29, 0.717) is 5.69 Å². The number of amides is 3. The van der Waals surface area contributed by atoms with Gasteiger partial charge in [0.05, 0.1) is 5.75 Å². The van der Waals surface area contributed by atoms with E-state index in [-0.39, 0.29) is 24.0 Å². The molecule has 3 rings (SSSR count). The molecular weight excluding hydrogens is 332 g/mol. The minimum absolute atomic E-state index is 0.0302. The third-order valence-electron chi connectivity index (χ3n) is 3.73. The summed E-state index contributed by atoms with van der Waals surface area (Å²) >= 11 is 0. The number of para-hydroxylation sites is 1. The molecular formula is C15H16N4O4S. The number of nitrogens with zero attached hydrogens (tertiary/aromatic N) is 4. The van der Waals surface area contributed by atoms with Gasteiger partial charge in [0, 0.05) is 31.7 Å². The number of benzene rings is 1. The molecule has 1 aromatic heterocycles. The number of hydrogen-bond donors (Lipinski definition) is 0. The summed E-state index contributed by atoms with van der Waals surface area (Å²) in [5.41, 5.74) is 0.668. The molecule has 0 radical (unpaired) electrons. The topological polar surface area (TPSA) is 92.6 Å². The van der Waals surface area contributed by atoms with Crippen LogP contribution in [0.25, 0.3) is 5.69 Å². The van der Waals surface area contributed by atoms with Crippen molar-refractivity contribution in [2.75, 3.05) is 25.9 Å². The van der Waals surface area contributed by atoms with Crippen LogP contribution in [0.15, 0.2) is 47.9 Å². The van der Waals surface area contributed by atoms with Crippen LogP contribution in [0.4, 0.5) is 4.79 Å². The normalized spacial score (nSPS) is 15.4. The Balaban J connectivity index is 1.81. The zero-order valence-corrected chi connectivity index (χ0v) is 13.8. The van der Waals surface area contributed by atoms with Gasteiger partial charge in [-0.25, -0.2) is 18.2 Å². The van der Waals surface area contributed by atoms with Crippen molar-refractivity contribution >= 4 is 21.8 Å². The van der Waals surface area contributed by atoms with E-state index in [1.165, 1.54) is 22.7 Å². The standard InChI is InChI=1S/C15H16N4O4S/c1-17-11-13(20)19(15(17)21)9-10-24(22,23)14-16-7-8-18(14)12-5-3-2-4-6-12/h2-8H,9-11H2,1H3. The van der Waals surface area contributed by atoms with Crippen LogP contribution in [0.5, 0.6) is 0 Å². The van der Waals surface area contributed by atoms with Crippen molar-refractivity contribution < 1.29 is 18.0 Å². The molecule has 0 bridgehead atoms. The van der Waals surface area contributed by atoms with E-state index in [1.54, 1.807) is 30.5 Å². The van der Waals surface area contributed by atoms with Crippen LogP contribution in [-0.4, -0.2) is 65.6 Å². The van der Waals surface area contributed by atoms with Gasteiger partial charge < -0.3 is 4.90 Å². The Labute approximate surface area is 139 Å². The van der Waals surface area contributed by atoms with E-state index in [0.717, 1.165) is 4.90 Å². The number of carbonyl (C=O) groups is 2. The molecule has 3 amide bonds. The molecule has 1 aliphatic heterocycles. The number of likely N-dealkylation sites (N-methyl/N-ethyl adjacent to an activating group) is 1. The summed E-state index contributed by atoms with van der Waals surface area (Å²) in [6.07, 6.45) is 2.96. The lowest BCUT2D eigenvalue weighted by atomic mass is 10.3. The van der Waals surface area contributed by atoms with Gasteiger partial charge in [-0.3, -0.25) is 14.3 Å². The molecule has 1 fully saturated rings. The molecule has 0 aliphatic carbocycles. The smallest absolute Gasteiger partial charge is 0.318 e. The largest absolute Gasteiger partial charge is 0.326 e. The molecule has 2 aromatic rings. The summed E-state index contributed by atoms with van der Waals surface area (Å²) in [5.74, 6) is -0.772. The number of sulfone groups is 1. The van der Waals surface area contributed by atoms with Crippen LogP contribution in [0.2, 0.25) is 0 Å². The Kier molecular flexibility index (Phi) is 4.10. The molecule has 0 N–H and O–H groups in total.